The van der Waals surface area contributed by atoms with Gasteiger partial charge < -0.3 is 10.2 Å². The van der Waals surface area contributed by atoms with Gasteiger partial charge in [-0.05, 0) is 55.2 Å². The molecule has 0 radical (unpaired) electrons. The lowest BCUT2D eigenvalue weighted by Crippen LogP contribution is -2.43. The number of nitrogens with one attached hydrogen (secondary N) is 1. The minimum atomic E-state index is -5.08. The lowest BCUT2D eigenvalue weighted by atomic mass is 9.85. The van der Waals surface area contributed by atoms with Gasteiger partial charge in [-0.1, -0.05) is 45.3 Å². The van der Waals surface area contributed by atoms with Crippen LogP contribution in [0.1, 0.15) is 52.7 Å². The van der Waals surface area contributed by atoms with E-state index in [4.69, 9.17) is 32.9 Å². The second-order valence-corrected chi connectivity index (χ2v) is 12.9. The predicted molar refractivity (Wildman–Crippen MR) is 138 cm³/mol. The number of carbonyl (C=O) groups is 1. The van der Waals surface area contributed by atoms with E-state index in [9.17, 15) is 30.8 Å². The van der Waals surface area contributed by atoms with Gasteiger partial charge in [-0.2, -0.15) is 13.2 Å². The van der Waals surface area contributed by atoms with Crippen LogP contribution in [0.2, 0.25) is 10.0 Å². The summed E-state index contributed by atoms with van der Waals surface area (Å²) in [6.07, 6.45) is -3.94. The highest BCUT2D eigenvalue weighted by molar-refractivity contribution is 7.89. The molecule has 3 aliphatic rings. The van der Waals surface area contributed by atoms with Crippen LogP contribution in [0.25, 0.3) is 0 Å². The number of amides is 1. The molecule has 0 aromatic heterocycles. The molecule has 0 spiro atoms. The van der Waals surface area contributed by atoms with Gasteiger partial charge in [0.1, 0.15) is 5.82 Å². The minimum Gasteiger partial charge on any atom is -0.374 e. The molecule has 15 heteroatoms. The Kier molecular flexibility index (Phi) is 7.58. The van der Waals surface area contributed by atoms with Crippen LogP contribution in [-0.2, 0) is 25.3 Å². The zero-order valence-corrected chi connectivity index (χ0v) is 23.2. The number of carbonyl (C=O) groups excluding carboxylic acids is 1. The average molecular weight is 624 g/mol. The first-order valence-corrected chi connectivity index (χ1v) is 14.5. The second kappa shape index (κ2) is 10.4. The van der Waals surface area contributed by atoms with Crippen molar-refractivity contribution in [2.45, 2.75) is 55.7 Å². The number of benzene rings is 2. The normalized spacial score (nSPS) is 24.0. The molecule has 2 aromatic rings. The summed E-state index contributed by atoms with van der Waals surface area (Å²) in [5.41, 5.74) is -3.30. The number of alkyl halides is 3. The first kappa shape index (κ1) is 29.1. The summed E-state index contributed by atoms with van der Waals surface area (Å²) in [5.74, 6) is -1.83. The van der Waals surface area contributed by atoms with Crippen molar-refractivity contribution in [3.05, 3.63) is 68.4 Å². The lowest BCUT2D eigenvalue weighted by Gasteiger charge is -2.30. The highest BCUT2D eigenvalue weighted by Crippen LogP contribution is 2.50. The lowest BCUT2D eigenvalue weighted by molar-refractivity contribution is -0.276. The van der Waals surface area contributed by atoms with Gasteiger partial charge in [-0.3, -0.25) is 9.63 Å². The van der Waals surface area contributed by atoms with Crippen LogP contribution in [0, 0.1) is 12.7 Å². The Morgan fingerprint density at radius 2 is 1.93 bits per heavy atom. The summed E-state index contributed by atoms with van der Waals surface area (Å²) >= 11 is 11.6. The molecule has 2 atom stereocenters. The van der Waals surface area contributed by atoms with Gasteiger partial charge in [0.05, 0.1) is 41.6 Å². The fourth-order valence-electron chi connectivity index (χ4n) is 4.81. The molecule has 1 saturated heterocycles. The van der Waals surface area contributed by atoms with Crippen molar-refractivity contribution in [3.63, 3.8) is 0 Å². The van der Waals surface area contributed by atoms with Crippen molar-refractivity contribution in [2.24, 2.45) is 5.16 Å². The van der Waals surface area contributed by atoms with E-state index >= 15 is 0 Å². The van der Waals surface area contributed by atoms with Gasteiger partial charge in [0, 0.05) is 16.1 Å². The summed E-state index contributed by atoms with van der Waals surface area (Å²) in [4.78, 5) is 23.1. The van der Waals surface area contributed by atoms with E-state index in [0.717, 1.165) is 23.0 Å². The monoisotopic (exact) mass is 623 g/mol. The summed E-state index contributed by atoms with van der Waals surface area (Å²) in [5, 5.41) is 5.09. The molecule has 40 heavy (non-hydrogen) atoms. The first-order chi connectivity index (χ1) is 18.7. The Labute approximate surface area is 237 Å². The third-order valence-corrected chi connectivity index (χ3v) is 9.93. The Hall–Kier alpha value is -2.45. The highest BCUT2D eigenvalue weighted by atomic mass is 35.5. The van der Waals surface area contributed by atoms with Crippen molar-refractivity contribution >= 4 is 44.8 Å². The number of halogens is 6. The van der Waals surface area contributed by atoms with Gasteiger partial charge in [0.25, 0.3) is 11.5 Å². The molecule has 2 aliphatic heterocycles. The quantitative estimate of drug-likeness (QED) is 0.350. The number of nitrogens with zero attached hydrogens (tertiary/aromatic N) is 2. The fraction of sp³-hybridized carbons (Fsp3) is 0.440. The molecular weight excluding hydrogens is 601 g/mol. The van der Waals surface area contributed by atoms with E-state index in [2.05, 4.69) is 10.5 Å². The van der Waals surface area contributed by atoms with Crippen molar-refractivity contribution in [1.82, 2.24) is 9.79 Å². The number of aryl methyl sites for hydroxylation is 1. The number of hydrogen-bond acceptors (Lipinski definition) is 6. The SMILES string of the molecule is Cc1cc(C2=NOC(c3cc(Cl)cc(Cl)c3F)(C(F)(F)F)C2)ccc1C(=O)NC1CON(S(=O)(=O)C2CCC2)C1. The van der Waals surface area contributed by atoms with Crippen LogP contribution in [-0.4, -0.2) is 55.1 Å². The Bertz CT molecular complexity index is 1500. The molecule has 2 fully saturated rings. The van der Waals surface area contributed by atoms with E-state index in [1.165, 1.54) is 18.2 Å². The van der Waals surface area contributed by atoms with Gasteiger partial charge in [0.15, 0.2) is 0 Å². The topological polar surface area (TPSA) is 97.3 Å². The van der Waals surface area contributed by atoms with Gasteiger partial charge in [0.2, 0.25) is 10.0 Å². The van der Waals surface area contributed by atoms with Crippen LogP contribution >= 0.6 is 23.2 Å². The third kappa shape index (κ3) is 5.06. The van der Waals surface area contributed by atoms with Gasteiger partial charge >= 0.3 is 6.18 Å². The number of hydroxylamine groups is 1. The summed E-state index contributed by atoms with van der Waals surface area (Å²) in [6.45, 7) is 1.53. The molecule has 1 N–H and O–H groups in total. The second-order valence-electron chi connectivity index (χ2n) is 9.96. The zero-order valence-electron chi connectivity index (χ0n) is 20.9. The maximum atomic E-state index is 14.7. The average Bonchev–Trinajstić information content (AvgIpc) is 3.48. The molecule has 8 nitrogen and oxygen atoms in total. The third-order valence-electron chi connectivity index (χ3n) is 7.30. The molecular formula is C25H23Cl2F4N3O5S. The molecule has 0 bridgehead atoms. The molecule has 2 unspecified atom stereocenters. The molecule has 1 saturated carbocycles. The largest absolute Gasteiger partial charge is 0.435 e. The molecule has 1 aliphatic carbocycles. The van der Waals surface area contributed by atoms with Crippen molar-refractivity contribution in [1.29, 1.82) is 0 Å². The Morgan fingerprint density at radius 3 is 2.55 bits per heavy atom. The Morgan fingerprint density at radius 1 is 1.20 bits per heavy atom. The summed E-state index contributed by atoms with van der Waals surface area (Å²) in [7, 11) is -3.59. The standard InChI is InChI=1S/C25H23Cl2F4N3O5S/c1-13-7-14(21-10-24(39-33-21,25(29,30)31)19-8-15(26)9-20(27)22(19)28)5-6-18(13)23(35)32-16-11-34(38-12-16)40(36,37)17-3-2-4-17/h5-9,16-17H,2-4,10-12H2,1H3,(H,32,35). The summed E-state index contributed by atoms with van der Waals surface area (Å²) < 4.78 is 83.6. The van der Waals surface area contributed by atoms with Crippen molar-refractivity contribution < 1.29 is 40.4 Å². The van der Waals surface area contributed by atoms with Crippen LogP contribution in [0.5, 0.6) is 0 Å². The van der Waals surface area contributed by atoms with Gasteiger partial charge in [-0.25, -0.2) is 12.8 Å². The van der Waals surface area contributed by atoms with Crippen molar-refractivity contribution in [3.8, 4) is 0 Å². The van der Waals surface area contributed by atoms with Gasteiger partial charge in [-0.15, -0.1) is 0 Å². The van der Waals surface area contributed by atoms with E-state index in [0.29, 0.717) is 18.4 Å². The minimum absolute atomic E-state index is 0.0213. The number of sulfonamides is 1. The van der Waals surface area contributed by atoms with E-state index in [1.807, 2.05) is 0 Å². The molecule has 2 aromatic carbocycles. The molecule has 1 amide bonds. The van der Waals surface area contributed by atoms with Crippen LogP contribution in [0.4, 0.5) is 17.6 Å². The van der Waals surface area contributed by atoms with E-state index in [-0.39, 0.29) is 35.0 Å². The predicted octanol–water partition coefficient (Wildman–Crippen LogP) is 5.25. The van der Waals surface area contributed by atoms with Crippen LogP contribution in [0.3, 0.4) is 0 Å². The van der Waals surface area contributed by atoms with Crippen molar-refractivity contribution in [2.75, 3.05) is 13.2 Å². The maximum Gasteiger partial charge on any atom is 0.435 e. The molecule has 2 heterocycles. The summed E-state index contributed by atoms with van der Waals surface area (Å²) in [6, 6.07) is 5.48. The number of oxime groups is 1. The zero-order chi connectivity index (χ0) is 29.0. The fourth-order valence-corrected chi connectivity index (χ4v) is 7.16. The van der Waals surface area contributed by atoms with Crippen LogP contribution < -0.4 is 5.32 Å². The molecule has 5 rings (SSSR count). The van der Waals surface area contributed by atoms with E-state index < -0.39 is 61.8 Å². The van der Waals surface area contributed by atoms with E-state index in [1.54, 1.807) is 6.92 Å². The molecule has 216 valence electrons. The Balaban J connectivity index is 1.31. The number of rotatable bonds is 6. The smallest absolute Gasteiger partial charge is 0.374 e. The van der Waals surface area contributed by atoms with Crippen LogP contribution in [0.15, 0.2) is 35.5 Å². The maximum absolute atomic E-state index is 14.7. The first-order valence-electron chi connectivity index (χ1n) is 12.3. The highest BCUT2D eigenvalue weighted by Gasteiger charge is 2.63. The number of hydrogen-bond donors (Lipinski definition) is 1.